The lowest BCUT2D eigenvalue weighted by molar-refractivity contribution is 0.0951. The number of pyridine rings is 1. The Bertz CT molecular complexity index is 716. The fourth-order valence-corrected chi connectivity index (χ4v) is 2.72. The zero-order valence-electron chi connectivity index (χ0n) is 13.0. The molecule has 24 heavy (non-hydrogen) atoms. The zero-order chi connectivity index (χ0) is 16.9. The standard InChI is InChI=1S/C17H17Cl2N3O2/c18-14-3-2-13(9-15(14)19)17(23)21-11-12-1-4-16(20-10-12)22-5-7-24-8-6-22/h1-4,9-10H,5-8,11H2,(H,21,23). The molecule has 3 rings (SSSR count). The first kappa shape index (κ1) is 17.0. The minimum Gasteiger partial charge on any atom is -0.378 e. The third kappa shape index (κ3) is 4.17. The molecular weight excluding hydrogens is 349 g/mol. The number of nitrogens with one attached hydrogen (secondary N) is 1. The maximum Gasteiger partial charge on any atom is 0.251 e. The van der Waals surface area contributed by atoms with Gasteiger partial charge in [-0.2, -0.15) is 0 Å². The molecular formula is C17H17Cl2N3O2. The monoisotopic (exact) mass is 365 g/mol. The van der Waals surface area contributed by atoms with Gasteiger partial charge >= 0.3 is 0 Å². The number of rotatable bonds is 4. The largest absolute Gasteiger partial charge is 0.378 e. The summed E-state index contributed by atoms with van der Waals surface area (Å²) < 4.78 is 5.33. The van der Waals surface area contributed by atoms with Crippen LogP contribution in [0.2, 0.25) is 10.0 Å². The van der Waals surface area contributed by atoms with Crippen LogP contribution in [0.4, 0.5) is 5.82 Å². The predicted octanol–water partition coefficient (Wildman–Crippen LogP) is 3.16. The third-order valence-electron chi connectivity index (χ3n) is 3.78. The van der Waals surface area contributed by atoms with Crippen LogP contribution in [-0.2, 0) is 11.3 Å². The molecule has 1 amide bonds. The molecule has 1 aliphatic rings. The first-order valence-corrected chi connectivity index (χ1v) is 8.40. The summed E-state index contributed by atoms with van der Waals surface area (Å²) in [6.45, 7) is 3.54. The van der Waals surface area contributed by atoms with E-state index in [-0.39, 0.29) is 5.91 Å². The summed E-state index contributed by atoms with van der Waals surface area (Å²) in [6, 6.07) is 8.73. The molecule has 2 heterocycles. The molecule has 2 aromatic rings. The van der Waals surface area contributed by atoms with Crippen molar-refractivity contribution >= 4 is 34.9 Å². The summed E-state index contributed by atoms with van der Waals surface area (Å²) in [7, 11) is 0. The Kier molecular flexibility index (Phi) is 5.56. The number of hydrogen-bond acceptors (Lipinski definition) is 4. The number of carbonyl (C=O) groups excluding carboxylic acids is 1. The van der Waals surface area contributed by atoms with E-state index in [4.69, 9.17) is 27.9 Å². The van der Waals surface area contributed by atoms with Crippen molar-refractivity contribution in [3.8, 4) is 0 Å². The van der Waals surface area contributed by atoms with Gasteiger partial charge in [-0.05, 0) is 29.8 Å². The van der Waals surface area contributed by atoms with Crippen molar-refractivity contribution in [2.75, 3.05) is 31.2 Å². The van der Waals surface area contributed by atoms with Gasteiger partial charge in [-0.1, -0.05) is 29.3 Å². The minimum absolute atomic E-state index is 0.203. The minimum atomic E-state index is -0.203. The lowest BCUT2D eigenvalue weighted by Crippen LogP contribution is -2.36. The highest BCUT2D eigenvalue weighted by molar-refractivity contribution is 6.42. The second-order valence-electron chi connectivity index (χ2n) is 5.44. The summed E-state index contributed by atoms with van der Waals surface area (Å²) in [5.41, 5.74) is 1.41. The predicted molar refractivity (Wildman–Crippen MR) is 94.9 cm³/mol. The molecule has 1 aromatic heterocycles. The molecule has 0 bridgehead atoms. The topological polar surface area (TPSA) is 54.5 Å². The van der Waals surface area contributed by atoms with E-state index in [0.717, 1.165) is 37.7 Å². The molecule has 7 heteroatoms. The number of aromatic nitrogens is 1. The lowest BCUT2D eigenvalue weighted by Gasteiger charge is -2.27. The van der Waals surface area contributed by atoms with E-state index in [1.165, 1.54) is 0 Å². The molecule has 0 atom stereocenters. The average molecular weight is 366 g/mol. The van der Waals surface area contributed by atoms with Crippen LogP contribution >= 0.6 is 23.2 Å². The van der Waals surface area contributed by atoms with E-state index in [0.29, 0.717) is 22.2 Å². The van der Waals surface area contributed by atoms with E-state index >= 15 is 0 Å². The van der Waals surface area contributed by atoms with Crippen LogP contribution in [-0.4, -0.2) is 37.2 Å². The number of halogens is 2. The van der Waals surface area contributed by atoms with Gasteiger partial charge in [-0.15, -0.1) is 0 Å². The van der Waals surface area contributed by atoms with Crippen LogP contribution < -0.4 is 10.2 Å². The van der Waals surface area contributed by atoms with E-state index in [1.54, 1.807) is 24.4 Å². The molecule has 1 saturated heterocycles. The Morgan fingerprint density at radius 1 is 1.17 bits per heavy atom. The van der Waals surface area contributed by atoms with Crippen LogP contribution in [0, 0.1) is 0 Å². The van der Waals surface area contributed by atoms with Crippen molar-refractivity contribution in [1.29, 1.82) is 0 Å². The first-order valence-electron chi connectivity index (χ1n) is 7.64. The Hall–Kier alpha value is -1.82. The van der Waals surface area contributed by atoms with Gasteiger partial charge in [0.1, 0.15) is 5.82 Å². The van der Waals surface area contributed by atoms with Crippen molar-refractivity contribution < 1.29 is 9.53 Å². The highest BCUT2D eigenvalue weighted by Crippen LogP contribution is 2.22. The maximum absolute atomic E-state index is 12.1. The van der Waals surface area contributed by atoms with Crippen molar-refractivity contribution in [3.05, 3.63) is 57.7 Å². The molecule has 0 saturated carbocycles. The fraction of sp³-hybridized carbons (Fsp3) is 0.294. The quantitative estimate of drug-likeness (QED) is 0.903. The summed E-state index contributed by atoms with van der Waals surface area (Å²) >= 11 is 11.8. The summed E-state index contributed by atoms with van der Waals surface area (Å²) in [5, 5.41) is 3.64. The summed E-state index contributed by atoms with van der Waals surface area (Å²) in [4.78, 5) is 18.8. The molecule has 0 aliphatic carbocycles. The van der Waals surface area contributed by atoms with E-state index in [1.807, 2.05) is 12.1 Å². The number of carbonyl (C=O) groups is 1. The van der Waals surface area contributed by atoms with Gasteiger partial charge in [0.25, 0.3) is 5.91 Å². The van der Waals surface area contributed by atoms with Gasteiger partial charge in [-0.25, -0.2) is 4.98 Å². The fourth-order valence-electron chi connectivity index (χ4n) is 2.42. The lowest BCUT2D eigenvalue weighted by atomic mass is 10.2. The number of ether oxygens (including phenoxy) is 1. The van der Waals surface area contributed by atoms with E-state index in [9.17, 15) is 4.79 Å². The second-order valence-corrected chi connectivity index (χ2v) is 6.25. The van der Waals surface area contributed by atoms with Gasteiger partial charge in [0.15, 0.2) is 0 Å². The maximum atomic E-state index is 12.1. The average Bonchev–Trinajstić information content (AvgIpc) is 2.63. The van der Waals surface area contributed by atoms with E-state index < -0.39 is 0 Å². The molecule has 1 aromatic carbocycles. The molecule has 1 aliphatic heterocycles. The van der Waals surface area contributed by atoms with Gasteiger partial charge in [0.2, 0.25) is 0 Å². The van der Waals surface area contributed by atoms with Crippen LogP contribution in [0.1, 0.15) is 15.9 Å². The number of morpholine rings is 1. The summed E-state index contributed by atoms with van der Waals surface area (Å²) in [5.74, 6) is 0.726. The SMILES string of the molecule is O=C(NCc1ccc(N2CCOCC2)nc1)c1ccc(Cl)c(Cl)c1. The molecule has 0 radical (unpaired) electrons. The Balaban J connectivity index is 1.57. The normalized spacial score (nSPS) is 14.5. The third-order valence-corrected chi connectivity index (χ3v) is 4.52. The number of nitrogens with zero attached hydrogens (tertiary/aromatic N) is 2. The van der Waals surface area contributed by atoms with Crippen molar-refractivity contribution in [2.45, 2.75) is 6.54 Å². The molecule has 0 unspecified atom stereocenters. The van der Waals surface area contributed by atoms with Crippen LogP contribution in [0.15, 0.2) is 36.5 Å². The molecule has 5 nitrogen and oxygen atoms in total. The zero-order valence-corrected chi connectivity index (χ0v) is 14.5. The smallest absolute Gasteiger partial charge is 0.251 e. The van der Waals surface area contributed by atoms with Crippen LogP contribution in [0.3, 0.4) is 0 Å². The number of hydrogen-bond donors (Lipinski definition) is 1. The highest BCUT2D eigenvalue weighted by Gasteiger charge is 2.12. The van der Waals surface area contributed by atoms with Gasteiger partial charge in [0, 0.05) is 31.4 Å². The van der Waals surface area contributed by atoms with Gasteiger partial charge in [0.05, 0.1) is 23.3 Å². The van der Waals surface area contributed by atoms with Crippen molar-refractivity contribution in [3.63, 3.8) is 0 Å². The Morgan fingerprint density at radius 2 is 1.96 bits per heavy atom. The second kappa shape index (κ2) is 7.83. The number of benzene rings is 1. The van der Waals surface area contributed by atoms with E-state index in [2.05, 4.69) is 15.2 Å². The summed E-state index contributed by atoms with van der Waals surface area (Å²) in [6.07, 6.45) is 1.78. The van der Waals surface area contributed by atoms with Gasteiger partial charge in [-0.3, -0.25) is 4.79 Å². The number of anilines is 1. The van der Waals surface area contributed by atoms with Crippen molar-refractivity contribution in [2.24, 2.45) is 0 Å². The highest BCUT2D eigenvalue weighted by atomic mass is 35.5. The van der Waals surface area contributed by atoms with Crippen molar-refractivity contribution in [1.82, 2.24) is 10.3 Å². The molecule has 126 valence electrons. The first-order chi connectivity index (χ1) is 11.6. The Labute approximate surface area is 150 Å². The van der Waals surface area contributed by atoms with Crippen LogP contribution in [0.25, 0.3) is 0 Å². The molecule has 1 fully saturated rings. The molecule has 0 spiro atoms. The Morgan fingerprint density at radius 3 is 2.62 bits per heavy atom. The number of amides is 1. The van der Waals surface area contributed by atoms with Crippen LogP contribution in [0.5, 0.6) is 0 Å². The molecule has 1 N–H and O–H groups in total. The van der Waals surface area contributed by atoms with Gasteiger partial charge < -0.3 is 15.0 Å².